The topological polar surface area (TPSA) is 174 Å². The molecule has 0 radical (unpaired) electrons. The van der Waals surface area contributed by atoms with Crippen molar-refractivity contribution in [1.29, 1.82) is 0 Å². The fourth-order valence-corrected chi connectivity index (χ4v) is 9.77. The summed E-state index contributed by atoms with van der Waals surface area (Å²) in [4.78, 5) is 23.1. The second-order valence-corrected chi connectivity index (χ2v) is 17.5. The van der Waals surface area contributed by atoms with Crippen molar-refractivity contribution in [2.75, 3.05) is 46.9 Å². The molecule has 57 heavy (non-hydrogen) atoms. The lowest BCUT2D eigenvalue weighted by molar-refractivity contribution is -0.142. The second kappa shape index (κ2) is 21.3. The Balaban J connectivity index is 0.000000242. The van der Waals surface area contributed by atoms with E-state index in [1.165, 1.54) is 43.4 Å². The minimum Gasteiger partial charge on any atom is -0.465 e. The van der Waals surface area contributed by atoms with Crippen LogP contribution >= 0.6 is 0 Å². The third kappa shape index (κ3) is 12.0. The van der Waals surface area contributed by atoms with Gasteiger partial charge in [0.05, 0.1) is 39.3 Å². The second-order valence-electron chi connectivity index (χ2n) is 13.6. The number of fused-ring (bicyclic) bond motifs is 2. The Bertz CT molecular complexity index is 2220. The molecule has 2 aliphatic carbocycles. The summed E-state index contributed by atoms with van der Waals surface area (Å²) in [6.45, 7) is 3.83. The molecule has 0 fully saturated rings. The van der Waals surface area contributed by atoms with E-state index >= 15 is 0 Å². The summed E-state index contributed by atoms with van der Waals surface area (Å²) in [6.07, 6.45) is 5.48. The van der Waals surface area contributed by atoms with Crippen LogP contribution in [-0.2, 0) is 46.8 Å². The highest BCUT2D eigenvalue weighted by Gasteiger charge is 2.26. The van der Waals surface area contributed by atoms with Crippen LogP contribution in [0.3, 0.4) is 0 Å². The molecule has 6 rings (SSSR count). The van der Waals surface area contributed by atoms with Gasteiger partial charge in [-0.05, 0) is 147 Å². The first-order chi connectivity index (χ1) is 27.3. The van der Waals surface area contributed by atoms with Gasteiger partial charge in [0.25, 0.3) is 0 Å². The van der Waals surface area contributed by atoms with Crippen LogP contribution in [0.1, 0.15) is 66.7 Å². The summed E-state index contributed by atoms with van der Waals surface area (Å²) >= 11 is 0. The summed E-state index contributed by atoms with van der Waals surface area (Å²) in [7, 11) is -4.42. The maximum atomic E-state index is 13.5. The van der Waals surface area contributed by atoms with Crippen LogP contribution in [0.5, 0.6) is 0 Å². The molecule has 0 aromatic heterocycles. The SMILES string of the molecule is CCOC(=O)CNC[C@@H]1CCCc2cc(S(=O)(=O)c3cccc(F)c3)ccc21.CN.CNC(=O)CNC[C@@H]1CCCc2cc(S(=O)(=O)c3cccc(F)c3)ccc21. The van der Waals surface area contributed by atoms with Gasteiger partial charge in [0.2, 0.25) is 25.6 Å². The zero-order valence-corrected chi connectivity index (χ0v) is 34.2. The Morgan fingerprint density at radius 2 is 1.12 bits per heavy atom. The number of rotatable bonds is 13. The molecule has 0 saturated carbocycles. The predicted octanol–water partition coefficient (Wildman–Crippen LogP) is 5.22. The van der Waals surface area contributed by atoms with E-state index in [9.17, 15) is 35.2 Å². The number of esters is 1. The molecule has 4 aromatic carbocycles. The minimum absolute atomic E-state index is 0.0398. The van der Waals surface area contributed by atoms with Crippen molar-refractivity contribution >= 4 is 31.6 Å². The van der Waals surface area contributed by atoms with Crippen molar-refractivity contribution in [3.8, 4) is 0 Å². The van der Waals surface area contributed by atoms with Crippen LogP contribution in [0, 0.1) is 11.6 Å². The molecule has 11 nitrogen and oxygen atoms in total. The molecule has 0 saturated heterocycles. The Morgan fingerprint density at radius 1 is 0.684 bits per heavy atom. The van der Waals surface area contributed by atoms with Gasteiger partial charge < -0.3 is 26.4 Å². The van der Waals surface area contributed by atoms with E-state index in [1.807, 2.05) is 12.1 Å². The first kappa shape index (κ1) is 45.2. The Hall–Kier alpha value is -4.54. The molecule has 1 amide bonds. The molecule has 0 spiro atoms. The molecule has 0 bridgehead atoms. The molecular formula is C42H52F2N4O7S2. The number of benzene rings is 4. The van der Waals surface area contributed by atoms with E-state index in [4.69, 9.17) is 4.74 Å². The van der Waals surface area contributed by atoms with Gasteiger partial charge in [0.1, 0.15) is 11.6 Å². The molecule has 15 heteroatoms. The monoisotopic (exact) mass is 826 g/mol. The molecular weight excluding hydrogens is 775 g/mol. The van der Waals surface area contributed by atoms with Crippen LogP contribution in [-0.4, -0.2) is 75.6 Å². The van der Waals surface area contributed by atoms with Gasteiger partial charge in [-0.2, -0.15) is 0 Å². The van der Waals surface area contributed by atoms with E-state index in [1.54, 1.807) is 38.2 Å². The molecule has 0 heterocycles. The lowest BCUT2D eigenvalue weighted by Gasteiger charge is -2.26. The maximum Gasteiger partial charge on any atom is 0.319 e. The molecule has 0 unspecified atom stereocenters. The smallest absolute Gasteiger partial charge is 0.319 e. The number of hydrogen-bond acceptors (Lipinski definition) is 10. The molecule has 2 atom stereocenters. The molecule has 308 valence electrons. The number of nitrogens with one attached hydrogen (secondary N) is 3. The Morgan fingerprint density at radius 3 is 1.54 bits per heavy atom. The first-order valence-corrected chi connectivity index (χ1v) is 21.9. The average Bonchev–Trinajstić information content (AvgIpc) is 3.21. The normalized spacial score (nSPS) is 16.0. The number of likely N-dealkylation sites (N-methyl/N-ethyl adjacent to an activating group) is 1. The summed E-state index contributed by atoms with van der Waals surface area (Å²) in [5.74, 6) is -1.05. The summed E-state index contributed by atoms with van der Waals surface area (Å²) < 4.78 is 83.1. The van der Waals surface area contributed by atoms with E-state index < -0.39 is 31.3 Å². The summed E-state index contributed by atoms with van der Waals surface area (Å²) in [5, 5.41) is 8.85. The quantitative estimate of drug-likeness (QED) is 0.131. The van der Waals surface area contributed by atoms with Gasteiger partial charge in [-0.25, -0.2) is 25.6 Å². The number of aryl methyl sites for hydroxylation is 2. The number of sulfone groups is 2. The largest absolute Gasteiger partial charge is 0.465 e. The van der Waals surface area contributed by atoms with Gasteiger partial charge in [-0.3, -0.25) is 9.59 Å². The van der Waals surface area contributed by atoms with Gasteiger partial charge in [0.15, 0.2) is 0 Å². The lowest BCUT2D eigenvalue weighted by Crippen LogP contribution is -2.34. The molecule has 0 aliphatic heterocycles. The Kier molecular flexibility index (Phi) is 16.9. The maximum absolute atomic E-state index is 13.5. The van der Waals surface area contributed by atoms with Crippen LogP contribution in [0.4, 0.5) is 8.78 Å². The highest BCUT2D eigenvalue weighted by atomic mass is 32.2. The number of amides is 1. The van der Waals surface area contributed by atoms with Crippen LogP contribution < -0.4 is 21.7 Å². The van der Waals surface area contributed by atoms with Gasteiger partial charge >= 0.3 is 5.97 Å². The van der Waals surface area contributed by atoms with Crippen LogP contribution in [0.2, 0.25) is 0 Å². The zero-order chi connectivity index (χ0) is 41.6. The fourth-order valence-electron chi connectivity index (χ4n) is 7.09. The molecule has 5 N–H and O–H groups in total. The number of nitrogens with two attached hydrogens (primary N) is 1. The van der Waals surface area contributed by atoms with Crippen molar-refractivity contribution < 1.29 is 39.9 Å². The number of carbonyl (C=O) groups excluding carboxylic acids is 2. The predicted molar refractivity (Wildman–Crippen MR) is 214 cm³/mol. The number of hydrogen-bond donors (Lipinski definition) is 4. The van der Waals surface area contributed by atoms with E-state index in [0.717, 1.165) is 72.9 Å². The number of ether oxygens (including phenoxy) is 1. The summed E-state index contributed by atoms with van der Waals surface area (Å²) in [5.41, 5.74) is 8.71. The highest BCUT2D eigenvalue weighted by Crippen LogP contribution is 2.35. The third-order valence-electron chi connectivity index (χ3n) is 9.86. The average molecular weight is 827 g/mol. The van der Waals surface area contributed by atoms with Gasteiger partial charge in [-0.15, -0.1) is 0 Å². The summed E-state index contributed by atoms with van der Waals surface area (Å²) in [6, 6.07) is 20.4. The van der Waals surface area contributed by atoms with Crippen molar-refractivity contribution in [3.63, 3.8) is 0 Å². The Labute approximate surface area is 334 Å². The fraction of sp³-hybridized carbons (Fsp3) is 0.381. The van der Waals surface area contributed by atoms with E-state index in [-0.39, 0.29) is 56.4 Å². The van der Waals surface area contributed by atoms with E-state index in [2.05, 4.69) is 21.7 Å². The van der Waals surface area contributed by atoms with Crippen LogP contribution in [0.25, 0.3) is 0 Å². The molecule has 4 aromatic rings. The number of halogens is 2. The first-order valence-electron chi connectivity index (χ1n) is 19.0. The van der Waals surface area contributed by atoms with Crippen LogP contribution in [0.15, 0.2) is 105 Å². The zero-order valence-electron chi connectivity index (χ0n) is 32.5. The third-order valence-corrected chi connectivity index (χ3v) is 13.4. The van der Waals surface area contributed by atoms with Crippen molar-refractivity contribution in [2.24, 2.45) is 5.73 Å². The van der Waals surface area contributed by atoms with Gasteiger partial charge in [-0.1, -0.05) is 24.3 Å². The van der Waals surface area contributed by atoms with Crippen molar-refractivity contribution in [1.82, 2.24) is 16.0 Å². The number of carbonyl (C=O) groups is 2. The highest BCUT2D eigenvalue weighted by molar-refractivity contribution is 7.91. The van der Waals surface area contributed by atoms with E-state index in [0.29, 0.717) is 19.7 Å². The van der Waals surface area contributed by atoms with Crippen molar-refractivity contribution in [2.45, 2.75) is 76.9 Å². The lowest BCUT2D eigenvalue weighted by atomic mass is 9.83. The molecule has 2 aliphatic rings. The standard InChI is InChI=1S/C21H24FNO4S.C20H23FN2O3S.CH5N/c1-2-27-21(24)14-23-13-16-6-3-5-15-11-19(9-10-20(15)16)28(25,26)18-8-4-7-17(22)12-18;1-22-20(24)13-23-12-15-5-2-4-14-10-18(8-9-19(14)15)27(25,26)17-7-3-6-16(21)11-17;1-2/h4,7-12,16,23H,2-3,5-6,13-14H2,1H3;3,6-11,15,23H,2,4-5,12-13H2,1H3,(H,22,24);2H2,1H3/t16-;15-;/m00./s1. The minimum atomic E-state index is -3.76. The van der Waals surface area contributed by atoms with Crippen molar-refractivity contribution in [3.05, 3.63) is 119 Å². The van der Waals surface area contributed by atoms with Gasteiger partial charge in [0, 0.05) is 20.1 Å².